The summed E-state index contributed by atoms with van der Waals surface area (Å²) in [4.78, 5) is 12.3. The van der Waals surface area contributed by atoms with Gasteiger partial charge in [0.2, 0.25) is 5.91 Å². The molecule has 5 heteroatoms. The first-order valence-electron chi connectivity index (χ1n) is 7.98. The van der Waals surface area contributed by atoms with E-state index in [4.69, 9.17) is 9.47 Å². The van der Waals surface area contributed by atoms with Gasteiger partial charge in [-0.05, 0) is 47.3 Å². The van der Waals surface area contributed by atoms with Crippen LogP contribution in [-0.4, -0.2) is 19.1 Å². The number of hydrogen-bond acceptors (Lipinski definition) is 3. The van der Waals surface area contributed by atoms with Gasteiger partial charge in [-0.1, -0.05) is 23.8 Å². The number of amides is 1. The molecule has 1 amide bonds. The van der Waals surface area contributed by atoms with Crippen molar-refractivity contribution in [3.05, 3.63) is 51.5 Å². The number of fused-ring (bicyclic) bond motifs is 1. The minimum Gasteiger partial charge on any atom is -0.486 e. The lowest BCUT2D eigenvalue weighted by molar-refractivity contribution is -0.116. The molecule has 0 saturated heterocycles. The van der Waals surface area contributed by atoms with E-state index < -0.39 is 0 Å². The maximum Gasteiger partial charge on any atom is 0.224 e. The van der Waals surface area contributed by atoms with Crippen LogP contribution >= 0.6 is 15.9 Å². The van der Waals surface area contributed by atoms with E-state index >= 15 is 0 Å². The molecule has 2 aromatic rings. The van der Waals surface area contributed by atoms with Crippen molar-refractivity contribution >= 4 is 27.5 Å². The van der Waals surface area contributed by atoms with E-state index in [2.05, 4.69) is 53.3 Å². The Labute approximate surface area is 150 Å². The predicted molar refractivity (Wildman–Crippen MR) is 98.0 cm³/mol. The van der Waals surface area contributed by atoms with Crippen molar-refractivity contribution in [3.8, 4) is 11.5 Å². The van der Waals surface area contributed by atoms with Crippen LogP contribution in [0.2, 0.25) is 0 Å². The number of aryl methyl sites for hydroxylation is 3. The normalized spacial score (nSPS) is 12.8. The third-order valence-corrected chi connectivity index (χ3v) is 4.68. The third kappa shape index (κ3) is 3.90. The number of carbonyl (C=O) groups excluding carboxylic acids is 1. The molecule has 0 radical (unpaired) electrons. The lowest BCUT2D eigenvalue weighted by atomic mass is 10.0. The summed E-state index contributed by atoms with van der Waals surface area (Å²) in [5, 5.41) is 2.94. The fraction of sp³-hybridized carbons (Fsp3) is 0.316. The van der Waals surface area contributed by atoms with Crippen molar-refractivity contribution in [2.45, 2.75) is 26.7 Å². The van der Waals surface area contributed by atoms with Crippen LogP contribution < -0.4 is 14.8 Å². The topological polar surface area (TPSA) is 47.6 Å². The minimum atomic E-state index is -0.0210. The van der Waals surface area contributed by atoms with Crippen LogP contribution in [0.4, 0.5) is 5.69 Å². The summed E-state index contributed by atoms with van der Waals surface area (Å²) < 4.78 is 11.9. The van der Waals surface area contributed by atoms with Gasteiger partial charge in [-0.2, -0.15) is 0 Å². The van der Waals surface area contributed by atoms with E-state index in [0.29, 0.717) is 36.8 Å². The minimum absolute atomic E-state index is 0.0210. The number of halogens is 1. The summed E-state index contributed by atoms with van der Waals surface area (Å²) in [7, 11) is 0. The quantitative estimate of drug-likeness (QED) is 0.842. The molecule has 1 heterocycles. The van der Waals surface area contributed by atoms with Crippen LogP contribution in [0.1, 0.15) is 23.1 Å². The van der Waals surface area contributed by atoms with Crippen LogP contribution in [0.5, 0.6) is 11.5 Å². The zero-order valence-corrected chi connectivity index (χ0v) is 15.4. The second-order valence-corrected chi connectivity index (χ2v) is 6.81. The molecule has 0 bridgehead atoms. The van der Waals surface area contributed by atoms with Gasteiger partial charge in [-0.25, -0.2) is 0 Å². The Morgan fingerprint density at radius 1 is 1.12 bits per heavy atom. The number of carbonyl (C=O) groups is 1. The maximum atomic E-state index is 12.3. The smallest absolute Gasteiger partial charge is 0.224 e. The average Bonchev–Trinajstić information content (AvgIpc) is 2.55. The summed E-state index contributed by atoms with van der Waals surface area (Å²) >= 11 is 3.47. The Hall–Kier alpha value is -2.01. The first-order valence-corrected chi connectivity index (χ1v) is 8.77. The molecule has 0 aliphatic carbocycles. The van der Waals surface area contributed by atoms with Gasteiger partial charge in [-0.15, -0.1) is 0 Å². The summed E-state index contributed by atoms with van der Waals surface area (Å²) in [6.45, 7) is 5.22. The molecule has 0 unspecified atom stereocenters. The van der Waals surface area contributed by atoms with Crippen molar-refractivity contribution < 1.29 is 14.3 Å². The van der Waals surface area contributed by atoms with E-state index in [0.717, 1.165) is 10.9 Å². The molecule has 4 nitrogen and oxygen atoms in total. The van der Waals surface area contributed by atoms with E-state index in [1.54, 1.807) is 6.07 Å². The fourth-order valence-corrected chi connectivity index (χ4v) is 3.17. The molecule has 0 aromatic heterocycles. The molecule has 3 rings (SSSR count). The molecular weight excluding hydrogens is 370 g/mol. The molecule has 24 heavy (non-hydrogen) atoms. The van der Waals surface area contributed by atoms with Gasteiger partial charge in [-0.3, -0.25) is 4.79 Å². The Morgan fingerprint density at radius 2 is 1.83 bits per heavy atom. The number of anilines is 1. The Morgan fingerprint density at radius 3 is 2.54 bits per heavy atom. The molecule has 0 saturated carbocycles. The average molecular weight is 390 g/mol. The zero-order chi connectivity index (χ0) is 17.1. The van der Waals surface area contributed by atoms with Gasteiger partial charge in [0.05, 0.1) is 5.69 Å². The summed E-state index contributed by atoms with van der Waals surface area (Å²) in [5.74, 6) is 1.34. The summed E-state index contributed by atoms with van der Waals surface area (Å²) in [6.07, 6.45) is 1.16. The molecule has 0 atom stereocenters. The highest BCUT2D eigenvalue weighted by atomic mass is 79.9. The van der Waals surface area contributed by atoms with Crippen molar-refractivity contribution in [1.82, 2.24) is 0 Å². The molecular formula is C19H20BrNO3. The van der Waals surface area contributed by atoms with Gasteiger partial charge in [0.15, 0.2) is 11.5 Å². The summed E-state index contributed by atoms with van der Waals surface area (Å²) in [6, 6.07) is 9.95. The Bertz CT molecular complexity index is 773. The largest absolute Gasteiger partial charge is 0.486 e. The highest BCUT2D eigenvalue weighted by molar-refractivity contribution is 9.10. The molecule has 1 aliphatic rings. The van der Waals surface area contributed by atoms with Crippen LogP contribution in [0.25, 0.3) is 0 Å². The highest BCUT2D eigenvalue weighted by Gasteiger charge is 2.16. The second-order valence-electron chi connectivity index (χ2n) is 5.95. The monoisotopic (exact) mass is 389 g/mol. The fourth-order valence-electron chi connectivity index (χ4n) is 2.75. The van der Waals surface area contributed by atoms with Crippen molar-refractivity contribution in [3.63, 3.8) is 0 Å². The van der Waals surface area contributed by atoms with E-state index in [1.807, 2.05) is 6.07 Å². The first-order chi connectivity index (χ1) is 11.5. The number of ether oxygens (including phenoxy) is 2. The van der Waals surface area contributed by atoms with Gasteiger partial charge < -0.3 is 14.8 Å². The molecule has 126 valence electrons. The van der Waals surface area contributed by atoms with Gasteiger partial charge in [0.1, 0.15) is 13.2 Å². The predicted octanol–water partition coefficient (Wildman–Crippen LogP) is 4.41. The van der Waals surface area contributed by atoms with Gasteiger partial charge in [0, 0.05) is 23.0 Å². The van der Waals surface area contributed by atoms with E-state index in [9.17, 15) is 4.79 Å². The number of hydrogen-bond donors (Lipinski definition) is 1. The highest BCUT2D eigenvalue weighted by Crippen LogP contribution is 2.38. The standard InChI is InChI=1S/C19H20BrNO3/c1-12-3-4-14(13(2)9-12)5-6-19(22)21-16-11-18-17(10-15(16)20)23-7-8-24-18/h3-4,9-11H,5-8H2,1-2H3,(H,21,22). The molecule has 0 spiro atoms. The van der Waals surface area contributed by atoms with Gasteiger partial charge in [0.25, 0.3) is 0 Å². The van der Waals surface area contributed by atoms with Crippen LogP contribution in [0.3, 0.4) is 0 Å². The molecule has 0 fully saturated rings. The van der Waals surface area contributed by atoms with Crippen molar-refractivity contribution in [2.75, 3.05) is 18.5 Å². The van der Waals surface area contributed by atoms with Crippen molar-refractivity contribution in [2.24, 2.45) is 0 Å². The second kappa shape index (κ2) is 7.26. The number of nitrogens with one attached hydrogen (secondary N) is 1. The lowest BCUT2D eigenvalue weighted by Gasteiger charge is -2.20. The van der Waals surface area contributed by atoms with Gasteiger partial charge >= 0.3 is 0 Å². The first kappa shape index (κ1) is 16.8. The molecule has 2 aromatic carbocycles. The Balaban J connectivity index is 1.64. The molecule has 1 aliphatic heterocycles. The SMILES string of the molecule is Cc1ccc(CCC(=O)Nc2cc3c(cc2Br)OCCO3)c(C)c1. The van der Waals surface area contributed by atoms with Crippen molar-refractivity contribution in [1.29, 1.82) is 0 Å². The summed E-state index contributed by atoms with van der Waals surface area (Å²) in [5.41, 5.74) is 4.37. The van der Waals surface area contributed by atoms with E-state index in [-0.39, 0.29) is 5.91 Å². The van der Waals surface area contributed by atoms with E-state index in [1.165, 1.54) is 16.7 Å². The third-order valence-electron chi connectivity index (χ3n) is 4.03. The zero-order valence-electron chi connectivity index (χ0n) is 13.8. The number of benzene rings is 2. The Kier molecular flexibility index (Phi) is 5.09. The van der Waals surface area contributed by atoms with Crippen LogP contribution in [-0.2, 0) is 11.2 Å². The van der Waals surface area contributed by atoms with Crippen LogP contribution in [0, 0.1) is 13.8 Å². The molecule has 1 N–H and O–H groups in total. The number of rotatable bonds is 4. The lowest BCUT2D eigenvalue weighted by Crippen LogP contribution is -2.17. The van der Waals surface area contributed by atoms with Crippen LogP contribution in [0.15, 0.2) is 34.8 Å². The maximum absolute atomic E-state index is 12.3.